The summed E-state index contributed by atoms with van der Waals surface area (Å²) >= 11 is 0. The topological polar surface area (TPSA) is 65.1 Å². The van der Waals surface area contributed by atoms with Crippen molar-refractivity contribution in [2.75, 3.05) is 31.8 Å². The smallest absolute Gasteiger partial charge is 0.338 e. The minimum Gasteiger partial charge on any atom is -0.493 e. The van der Waals surface area contributed by atoms with E-state index in [1.165, 1.54) is 7.11 Å². The van der Waals surface area contributed by atoms with Gasteiger partial charge in [-0.05, 0) is 42.2 Å². The predicted molar refractivity (Wildman–Crippen MR) is 106 cm³/mol. The number of ether oxygens (including phenoxy) is 3. The summed E-state index contributed by atoms with van der Waals surface area (Å²) in [5.41, 5.74) is 2.32. The zero-order chi connectivity index (χ0) is 20.1. The minimum absolute atomic E-state index is 0.234. The number of hydrogen-bond donors (Lipinski definition) is 0. The highest BCUT2D eigenvalue weighted by Gasteiger charge is 2.25. The number of methoxy groups -OCH3 is 1. The second kappa shape index (κ2) is 8.78. The Balaban J connectivity index is 1.61. The standard InChI is InChI=1S/C22H25NO5/c1-15(2)13-27-19-9-8-17(12-20(19)26-3)22(25)28-14-21(24)23-11-10-16-6-4-5-7-18(16)23/h4-9,12,15H,10-11,13-14H2,1-3H3. The second-order valence-corrected chi connectivity index (χ2v) is 7.07. The van der Waals surface area contributed by atoms with Gasteiger partial charge in [0.25, 0.3) is 5.91 Å². The number of amides is 1. The minimum atomic E-state index is -0.574. The van der Waals surface area contributed by atoms with Crippen molar-refractivity contribution in [2.45, 2.75) is 20.3 Å². The zero-order valence-electron chi connectivity index (χ0n) is 16.4. The van der Waals surface area contributed by atoms with E-state index in [2.05, 4.69) is 0 Å². The Hall–Kier alpha value is -3.02. The molecule has 1 aliphatic rings. The van der Waals surface area contributed by atoms with Gasteiger partial charge >= 0.3 is 5.97 Å². The van der Waals surface area contributed by atoms with Crippen LogP contribution in [-0.2, 0) is 16.0 Å². The molecule has 0 radical (unpaired) electrons. The highest BCUT2D eigenvalue weighted by atomic mass is 16.5. The molecule has 0 unspecified atom stereocenters. The molecule has 0 atom stereocenters. The maximum absolute atomic E-state index is 12.5. The van der Waals surface area contributed by atoms with Crippen molar-refractivity contribution in [3.8, 4) is 11.5 Å². The summed E-state index contributed by atoms with van der Waals surface area (Å²) in [6.07, 6.45) is 0.810. The van der Waals surface area contributed by atoms with E-state index in [9.17, 15) is 9.59 Å². The Bertz CT molecular complexity index is 862. The number of carbonyl (C=O) groups is 2. The van der Waals surface area contributed by atoms with Crippen molar-refractivity contribution in [2.24, 2.45) is 5.92 Å². The summed E-state index contributed by atoms with van der Waals surface area (Å²) in [4.78, 5) is 26.5. The summed E-state index contributed by atoms with van der Waals surface area (Å²) in [5, 5.41) is 0. The van der Waals surface area contributed by atoms with Gasteiger partial charge in [-0.2, -0.15) is 0 Å². The maximum atomic E-state index is 12.5. The molecule has 1 amide bonds. The molecule has 2 aromatic rings. The largest absolute Gasteiger partial charge is 0.493 e. The van der Waals surface area contributed by atoms with Crippen molar-refractivity contribution in [3.05, 3.63) is 53.6 Å². The molecule has 1 heterocycles. The lowest BCUT2D eigenvalue weighted by Gasteiger charge is -2.17. The van der Waals surface area contributed by atoms with Crippen LogP contribution < -0.4 is 14.4 Å². The van der Waals surface area contributed by atoms with E-state index in [1.54, 1.807) is 23.1 Å². The SMILES string of the molecule is COc1cc(C(=O)OCC(=O)N2CCc3ccccc32)ccc1OCC(C)C. The van der Waals surface area contributed by atoms with Gasteiger partial charge in [-0.25, -0.2) is 4.79 Å². The van der Waals surface area contributed by atoms with Crippen molar-refractivity contribution in [1.29, 1.82) is 0 Å². The molecule has 0 fully saturated rings. The normalized spacial score (nSPS) is 12.6. The molecule has 3 rings (SSSR count). The highest BCUT2D eigenvalue weighted by molar-refractivity contribution is 5.98. The van der Waals surface area contributed by atoms with Gasteiger partial charge in [0.15, 0.2) is 18.1 Å². The van der Waals surface area contributed by atoms with Crippen LogP contribution in [-0.4, -0.2) is 38.7 Å². The fraction of sp³-hybridized carbons (Fsp3) is 0.364. The Labute approximate surface area is 165 Å². The molecule has 2 aromatic carbocycles. The van der Waals surface area contributed by atoms with Crippen molar-refractivity contribution >= 4 is 17.6 Å². The first-order chi connectivity index (χ1) is 13.5. The lowest BCUT2D eigenvalue weighted by atomic mass is 10.2. The number of para-hydroxylation sites is 1. The summed E-state index contributed by atoms with van der Waals surface area (Å²) in [6.45, 7) is 4.94. The maximum Gasteiger partial charge on any atom is 0.338 e. The number of anilines is 1. The first kappa shape index (κ1) is 19.7. The Kier molecular flexibility index (Phi) is 6.19. The van der Waals surface area contributed by atoms with Crippen LogP contribution >= 0.6 is 0 Å². The molecule has 0 saturated carbocycles. The third-order valence-electron chi connectivity index (χ3n) is 4.49. The Morgan fingerprint density at radius 3 is 2.64 bits per heavy atom. The van der Waals surface area contributed by atoms with Crippen LogP contribution in [0.25, 0.3) is 0 Å². The highest BCUT2D eigenvalue weighted by Crippen LogP contribution is 2.29. The molecule has 6 nitrogen and oxygen atoms in total. The number of nitrogens with zero attached hydrogens (tertiary/aromatic N) is 1. The third-order valence-corrected chi connectivity index (χ3v) is 4.49. The van der Waals surface area contributed by atoms with E-state index >= 15 is 0 Å². The quantitative estimate of drug-likeness (QED) is 0.685. The Morgan fingerprint density at radius 1 is 1.11 bits per heavy atom. The van der Waals surface area contributed by atoms with Gasteiger partial charge in [-0.15, -0.1) is 0 Å². The third kappa shape index (κ3) is 4.44. The van der Waals surface area contributed by atoms with Crippen molar-refractivity contribution in [1.82, 2.24) is 0 Å². The number of benzene rings is 2. The molecular weight excluding hydrogens is 358 g/mol. The average molecular weight is 383 g/mol. The number of rotatable bonds is 7. The van der Waals surface area contributed by atoms with Crippen molar-refractivity contribution < 1.29 is 23.8 Å². The van der Waals surface area contributed by atoms with Gasteiger partial charge in [-0.3, -0.25) is 4.79 Å². The van der Waals surface area contributed by atoms with Gasteiger partial charge < -0.3 is 19.1 Å². The molecule has 6 heteroatoms. The van der Waals surface area contributed by atoms with Crippen LogP contribution in [0.1, 0.15) is 29.8 Å². The lowest BCUT2D eigenvalue weighted by Crippen LogP contribution is -2.33. The Morgan fingerprint density at radius 2 is 1.89 bits per heavy atom. The molecular formula is C22H25NO5. The molecule has 0 saturated heterocycles. The van der Waals surface area contributed by atoms with E-state index in [0.717, 1.165) is 17.7 Å². The van der Waals surface area contributed by atoms with E-state index in [-0.39, 0.29) is 12.5 Å². The van der Waals surface area contributed by atoms with E-state index in [4.69, 9.17) is 14.2 Å². The predicted octanol–water partition coefficient (Wildman–Crippen LogP) is 3.48. The zero-order valence-corrected chi connectivity index (χ0v) is 16.4. The summed E-state index contributed by atoms with van der Waals surface area (Å²) in [6, 6.07) is 12.6. The van der Waals surface area contributed by atoms with Gasteiger partial charge in [0, 0.05) is 12.2 Å². The van der Waals surface area contributed by atoms with Gasteiger partial charge in [-0.1, -0.05) is 32.0 Å². The molecule has 0 N–H and O–H groups in total. The first-order valence-corrected chi connectivity index (χ1v) is 9.36. The first-order valence-electron chi connectivity index (χ1n) is 9.36. The molecule has 1 aliphatic heterocycles. The number of hydrogen-bond acceptors (Lipinski definition) is 5. The monoisotopic (exact) mass is 383 g/mol. The number of carbonyl (C=O) groups excluding carboxylic acids is 2. The fourth-order valence-corrected chi connectivity index (χ4v) is 3.06. The van der Waals surface area contributed by atoms with Crippen LogP contribution in [0.2, 0.25) is 0 Å². The second-order valence-electron chi connectivity index (χ2n) is 7.07. The fourth-order valence-electron chi connectivity index (χ4n) is 3.06. The number of esters is 1. The molecule has 148 valence electrons. The van der Waals surface area contributed by atoms with Gasteiger partial charge in [0.2, 0.25) is 0 Å². The van der Waals surface area contributed by atoms with Gasteiger partial charge in [0.05, 0.1) is 19.3 Å². The molecule has 28 heavy (non-hydrogen) atoms. The summed E-state index contributed by atoms with van der Waals surface area (Å²) in [7, 11) is 1.51. The van der Waals surface area contributed by atoms with Crippen LogP contribution in [0, 0.1) is 5.92 Å². The van der Waals surface area contributed by atoms with E-state index < -0.39 is 5.97 Å². The summed E-state index contributed by atoms with van der Waals surface area (Å²) < 4.78 is 16.2. The molecule has 0 aliphatic carbocycles. The van der Waals surface area contributed by atoms with Crippen LogP contribution in [0.15, 0.2) is 42.5 Å². The van der Waals surface area contributed by atoms with Crippen molar-refractivity contribution in [3.63, 3.8) is 0 Å². The number of fused-ring (bicyclic) bond motifs is 1. The lowest BCUT2D eigenvalue weighted by molar-refractivity contribution is -0.121. The van der Waals surface area contributed by atoms with E-state index in [0.29, 0.717) is 36.1 Å². The molecule has 0 bridgehead atoms. The van der Waals surface area contributed by atoms with Crippen LogP contribution in [0.4, 0.5) is 5.69 Å². The van der Waals surface area contributed by atoms with Gasteiger partial charge in [0.1, 0.15) is 0 Å². The van der Waals surface area contributed by atoms with Crippen LogP contribution in [0.3, 0.4) is 0 Å². The van der Waals surface area contributed by atoms with E-state index in [1.807, 2.05) is 38.1 Å². The molecule has 0 aromatic heterocycles. The van der Waals surface area contributed by atoms with Crippen LogP contribution in [0.5, 0.6) is 11.5 Å². The summed E-state index contributed by atoms with van der Waals surface area (Å²) in [5.74, 6) is 0.583. The molecule has 0 spiro atoms. The average Bonchev–Trinajstić information content (AvgIpc) is 3.14.